The van der Waals surface area contributed by atoms with Gasteiger partial charge in [-0.15, -0.1) is 0 Å². The zero-order valence-electron chi connectivity index (χ0n) is 12.6. The summed E-state index contributed by atoms with van der Waals surface area (Å²) in [4.78, 5) is 3.66. The summed E-state index contributed by atoms with van der Waals surface area (Å²) < 4.78 is 10.8. The van der Waals surface area contributed by atoms with E-state index in [-0.39, 0.29) is 5.54 Å². The number of benzene rings is 1. The Kier molecular flexibility index (Phi) is 3.83. The van der Waals surface area contributed by atoms with E-state index < -0.39 is 0 Å². The summed E-state index contributed by atoms with van der Waals surface area (Å²) in [7, 11) is 3.37. The molecule has 0 saturated heterocycles. The molecule has 0 bridgehead atoms. The predicted molar refractivity (Wildman–Crippen MR) is 77.3 cm³/mol. The first-order chi connectivity index (χ1) is 9.00. The van der Waals surface area contributed by atoms with Crippen molar-refractivity contribution in [2.45, 2.75) is 45.6 Å². The highest BCUT2D eigenvalue weighted by molar-refractivity contribution is 5.99. The second-order valence-electron chi connectivity index (χ2n) is 5.78. The van der Waals surface area contributed by atoms with Crippen molar-refractivity contribution in [3.05, 3.63) is 23.3 Å². The third-order valence-corrected chi connectivity index (χ3v) is 3.56. The van der Waals surface area contributed by atoms with Gasteiger partial charge in [-0.25, -0.2) is 4.99 Å². The summed E-state index contributed by atoms with van der Waals surface area (Å²) in [5.74, 6) is 1.62. The average molecular weight is 262 g/mol. The minimum Gasteiger partial charge on any atom is -0.493 e. The molecular formula is C16H24NO2+. The summed E-state index contributed by atoms with van der Waals surface area (Å²) in [6.45, 7) is 6.68. The molecule has 2 rings (SSSR count). The smallest absolute Gasteiger partial charge is 0.182 e. The normalized spacial score (nSPS) is 16.6. The van der Waals surface area contributed by atoms with Crippen LogP contribution in [0, 0.1) is 0 Å². The zero-order chi connectivity index (χ0) is 14.0. The maximum atomic E-state index is 5.41. The number of rotatable bonds is 4. The van der Waals surface area contributed by atoms with E-state index in [1.165, 1.54) is 16.8 Å². The Labute approximate surface area is 115 Å². The number of nitrogens with one attached hydrogen (secondary N) is 1. The van der Waals surface area contributed by atoms with Gasteiger partial charge in [0.25, 0.3) is 0 Å². The van der Waals surface area contributed by atoms with Crippen molar-refractivity contribution < 1.29 is 14.5 Å². The molecular weight excluding hydrogens is 238 g/mol. The van der Waals surface area contributed by atoms with Gasteiger partial charge in [-0.1, -0.05) is 6.92 Å². The summed E-state index contributed by atoms with van der Waals surface area (Å²) >= 11 is 0. The van der Waals surface area contributed by atoms with Crippen LogP contribution in [-0.4, -0.2) is 25.5 Å². The lowest BCUT2D eigenvalue weighted by Gasteiger charge is -2.24. The largest absolute Gasteiger partial charge is 0.493 e. The lowest BCUT2D eigenvalue weighted by molar-refractivity contribution is -0.546. The highest BCUT2D eigenvalue weighted by Gasteiger charge is 2.33. The van der Waals surface area contributed by atoms with Crippen LogP contribution in [0.2, 0.25) is 0 Å². The molecule has 0 aromatic heterocycles. The molecule has 1 aromatic rings. The van der Waals surface area contributed by atoms with Crippen molar-refractivity contribution in [3.8, 4) is 11.5 Å². The van der Waals surface area contributed by atoms with E-state index in [9.17, 15) is 0 Å². The lowest BCUT2D eigenvalue weighted by Crippen LogP contribution is -2.87. The number of fused-ring (bicyclic) bond motifs is 1. The molecule has 1 aliphatic heterocycles. The first kappa shape index (κ1) is 13.9. The third kappa shape index (κ3) is 2.75. The number of methoxy groups -OCH3 is 2. The molecule has 3 nitrogen and oxygen atoms in total. The van der Waals surface area contributed by atoms with Crippen molar-refractivity contribution >= 4 is 5.71 Å². The molecule has 1 aliphatic rings. The molecule has 1 aromatic carbocycles. The number of ether oxygens (including phenoxy) is 2. The molecule has 0 radical (unpaired) electrons. The van der Waals surface area contributed by atoms with Crippen LogP contribution in [0.3, 0.4) is 0 Å². The fraction of sp³-hybridized carbons (Fsp3) is 0.562. The van der Waals surface area contributed by atoms with Crippen molar-refractivity contribution in [3.63, 3.8) is 0 Å². The molecule has 0 saturated carbocycles. The van der Waals surface area contributed by atoms with Gasteiger partial charge in [0.15, 0.2) is 22.7 Å². The van der Waals surface area contributed by atoms with Crippen LogP contribution in [0.4, 0.5) is 0 Å². The second-order valence-corrected chi connectivity index (χ2v) is 5.78. The molecule has 3 heteroatoms. The molecule has 0 unspecified atom stereocenters. The predicted octanol–water partition coefficient (Wildman–Crippen LogP) is 1.71. The van der Waals surface area contributed by atoms with Crippen LogP contribution in [0.25, 0.3) is 0 Å². The van der Waals surface area contributed by atoms with E-state index in [0.717, 1.165) is 30.8 Å². The van der Waals surface area contributed by atoms with Crippen molar-refractivity contribution in [1.29, 1.82) is 0 Å². The van der Waals surface area contributed by atoms with Gasteiger partial charge >= 0.3 is 0 Å². The zero-order valence-corrected chi connectivity index (χ0v) is 12.6. The van der Waals surface area contributed by atoms with Gasteiger partial charge < -0.3 is 9.47 Å². The molecule has 0 amide bonds. The molecule has 1 N–H and O–H groups in total. The number of hydrogen-bond donors (Lipinski definition) is 1. The summed E-state index contributed by atoms with van der Waals surface area (Å²) in [5.41, 5.74) is 4.02. The van der Waals surface area contributed by atoms with Gasteiger partial charge in [-0.05, 0) is 24.1 Å². The second kappa shape index (κ2) is 5.24. The monoisotopic (exact) mass is 262 g/mol. The summed E-state index contributed by atoms with van der Waals surface area (Å²) in [6.07, 6.45) is 3.19. The highest BCUT2D eigenvalue weighted by atomic mass is 16.5. The summed E-state index contributed by atoms with van der Waals surface area (Å²) in [5, 5.41) is 0. The maximum absolute atomic E-state index is 5.41. The molecule has 0 spiro atoms. The Hall–Kier alpha value is -1.51. The molecule has 19 heavy (non-hydrogen) atoms. The van der Waals surface area contributed by atoms with Gasteiger partial charge in [0, 0.05) is 32.3 Å². The molecule has 104 valence electrons. The van der Waals surface area contributed by atoms with Crippen molar-refractivity contribution in [2.24, 2.45) is 0 Å². The molecule has 0 aliphatic carbocycles. The third-order valence-electron chi connectivity index (χ3n) is 3.56. The Balaban J connectivity index is 2.55. The topological polar surface area (TPSA) is 32.4 Å². The SMILES string of the molecule is CCCC1=[NH+]C(C)(C)Cc2cc(OC)c(OC)cc21. The highest BCUT2D eigenvalue weighted by Crippen LogP contribution is 2.33. The van der Waals surface area contributed by atoms with Crippen LogP contribution in [0.1, 0.15) is 44.7 Å². The van der Waals surface area contributed by atoms with Gasteiger partial charge in [-0.3, -0.25) is 0 Å². The van der Waals surface area contributed by atoms with Gasteiger partial charge in [0.2, 0.25) is 0 Å². The first-order valence-electron chi connectivity index (χ1n) is 6.90. The Morgan fingerprint density at radius 2 is 1.79 bits per heavy atom. The first-order valence-corrected chi connectivity index (χ1v) is 6.90. The van der Waals surface area contributed by atoms with Crippen LogP contribution < -0.4 is 14.5 Å². The standard InChI is InChI=1S/C16H23NO2/c1-6-7-13-12-9-15(19-5)14(18-4)8-11(12)10-16(2,3)17-13/h8-9H,6-7,10H2,1-5H3/p+1. The minimum atomic E-state index is 0.0943. The molecule has 1 heterocycles. The van der Waals surface area contributed by atoms with Crippen LogP contribution in [0.15, 0.2) is 12.1 Å². The minimum absolute atomic E-state index is 0.0943. The van der Waals surface area contributed by atoms with E-state index in [0.29, 0.717) is 0 Å². The van der Waals surface area contributed by atoms with E-state index in [1.54, 1.807) is 14.2 Å². The Bertz CT molecular complexity index is 504. The summed E-state index contributed by atoms with van der Waals surface area (Å²) in [6, 6.07) is 4.22. The van der Waals surface area contributed by atoms with E-state index in [2.05, 4.69) is 37.9 Å². The molecule has 0 atom stereocenters. The Morgan fingerprint density at radius 1 is 1.16 bits per heavy atom. The average Bonchev–Trinajstić information content (AvgIpc) is 2.36. The molecule has 0 fully saturated rings. The Morgan fingerprint density at radius 3 is 2.37 bits per heavy atom. The van der Waals surface area contributed by atoms with Crippen LogP contribution in [0.5, 0.6) is 11.5 Å². The van der Waals surface area contributed by atoms with Crippen LogP contribution in [-0.2, 0) is 6.42 Å². The fourth-order valence-electron chi connectivity index (χ4n) is 2.79. The number of hydrogen-bond acceptors (Lipinski definition) is 2. The van der Waals surface area contributed by atoms with Crippen LogP contribution >= 0.6 is 0 Å². The van der Waals surface area contributed by atoms with Crippen molar-refractivity contribution in [2.75, 3.05) is 14.2 Å². The van der Waals surface area contributed by atoms with E-state index in [1.807, 2.05) is 0 Å². The van der Waals surface area contributed by atoms with E-state index in [4.69, 9.17) is 9.47 Å². The van der Waals surface area contributed by atoms with Gasteiger partial charge in [0.05, 0.1) is 14.2 Å². The quantitative estimate of drug-likeness (QED) is 0.896. The van der Waals surface area contributed by atoms with Gasteiger partial charge in [-0.2, -0.15) is 0 Å². The van der Waals surface area contributed by atoms with Gasteiger partial charge in [0.1, 0.15) is 0 Å². The lowest BCUT2D eigenvalue weighted by atomic mass is 9.85. The fourth-order valence-corrected chi connectivity index (χ4v) is 2.79. The van der Waals surface area contributed by atoms with E-state index >= 15 is 0 Å². The van der Waals surface area contributed by atoms with Crippen molar-refractivity contribution in [1.82, 2.24) is 0 Å². The maximum Gasteiger partial charge on any atom is 0.182 e.